The van der Waals surface area contributed by atoms with Crippen molar-refractivity contribution < 1.29 is 4.79 Å². The first kappa shape index (κ1) is 12.0. The van der Waals surface area contributed by atoms with E-state index in [1.807, 2.05) is 39.8 Å². The maximum atomic E-state index is 11.3. The van der Waals surface area contributed by atoms with Crippen LogP contribution in [0.25, 0.3) is 0 Å². The van der Waals surface area contributed by atoms with Gasteiger partial charge in [-0.1, -0.05) is 0 Å². The summed E-state index contributed by atoms with van der Waals surface area (Å²) in [6.07, 6.45) is 0. The van der Waals surface area contributed by atoms with Gasteiger partial charge in [0.05, 0.1) is 4.75 Å². The highest BCUT2D eigenvalue weighted by Crippen LogP contribution is 2.32. The van der Waals surface area contributed by atoms with Crippen molar-refractivity contribution in [1.82, 2.24) is 4.90 Å². The minimum atomic E-state index is -0.601. The predicted molar refractivity (Wildman–Crippen MR) is 55.8 cm³/mol. The number of Topliss-reactive ketones (excluding diaryl/α,β-unsaturated/α-hetero) is 1. The van der Waals surface area contributed by atoms with E-state index in [1.165, 1.54) is 0 Å². The molecule has 0 aliphatic carbocycles. The maximum Gasteiger partial charge on any atom is 0.147 e. The first-order valence-electron chi connectivity index (χ1n) is 4.05. The number of thiol groups is 1. The molecule has 1 atom stereocenters. The van der Waals surface area contributed by atoms with Gasteiger partial charge in [-0.25, -0.2) is 0 Å². The van der Waals surface area contributed by atoms with Crippen molar-refractivity contribution in [2.24, 2.45) is 0 Å². The quantitative estimate of drug-likeness (QED) is 0.681. The molecule has 0 saturated heterocycles. The fraction of sp³-hybridized carbons (Fsp3) is 0.889. The molecule has 2 nitrogen and oxygen atoms in total. The molecule has 0 aliphatic heterocycles. The lowest BCUT2D eigenvalue weighted by Gasteiger charge is -2.43. The zero-order chi connectivity index (χ0) is 10.2. The number of ketones is 1. The van der Waals surface area contributed by atoms with Crippen LogP contribution in [0.3, 0.4) is 0 Å². The Morgan fingerprint density at radius 3 is 1.67 bits per heavy atom. The van der Waals surface area contributed by atoms with Crippen LogP contribution in [0.5, 0.6) is 0 Å². The van der Waals surface area contributed by atoms with E-state index in [9.17, 15) is 4.79 Å². The summed E-state index contributed by atoms with van der Waals surface area (Å²) in [6, 6.07) is 0. The van der Waals surface area contributed by atoms with E-state index >= 15 is 0 Å². The molecule has 0 amide bonds. The van der Waals surface area contributed by atoms with E-state index in [4.69, 9.17) is 0 Å². The molecule has 0 bridgehead atoms. The minimum Gasteiger partial charge on any atom is -0.302 e. The molecule has 0 aromatic rings. The summed E-state index contributed by atoms with van der Waals surface area (Å²) in [5.41, 5.74) is -0.234. The molecule has 0 N–H and O–H groups in total. The van der Waals surface area contributed by atoms with Crippen molar-refractivity contribution in [3.05, 3.63) is 0 Å². The standard InChI is InChI=1S/C9H19NOS/c1-7(11)9(4,12)8(2,3)10(5)6/h12H,1-6H3. The fourth-order valence-electron chi connectivity index (χ4n) is 0.866. The average molecular weight is 189 g/mol. The molecule has 0 heterocycles. The van der Waals surface area contributed by atoms with Crippen LogP contribution in [-0.4, -0.2) is 35.1 Å². The lowest BCUT2D eigenvalue weighted by molar-refractivity contribution is -0.121. The summed E-state index contributed by atoms with van der Waals surface area (Å²) < 4.78 is -0.601. The third-order valence-corrected chi connectivity index (χ3v) is 3.86. The van der Waals surface area contributed by atoms with Gasteiger partial charge in [0.2, 0.25) is 0 Å². The normalized spacial score (nSPS) is 17.7. The molecular formula is C9H19NOS. The second-order valence-electron chi connectivity index (χ2n) is 4.08. The summed E-state index contributed by atoms with van der Waals surface area (Å²) in [4.78, 5) is 13.3. The number of carbonyl (C=O) groups excluding carboxylic acids is 1. The third kappa shape index (κ3) is 1.83. The van der Waals surface area contributed by atoms with Crippen molar-refractivity contribution in [3.8, 4) is 0 Å². The summed E-state index contributed by atoms with van der Waals surface area (Å²) in [5, 5.41) is 0. The molecule has 0 radical (unpaired) electrons. The Kier molecular flexibility index (Phi) is 3.38. The van der Waals surface area contributed by atoms with E-state index in [2.05, 4.69) is 12.6 Å². The monoisotopic (exact) mass is 189 g/mol. The first-order chi connectivity index (χ1) is 5.14. The van der Waals surface area contributed by atoms with E-state index in [0.29, 0.717) is 0 Å². The van der Waals surface area contributed by atoms with Gasteiger partial charge in [0, 0.05) is 5.54 Å². The topological polar surface area (TPSA) is 20.3 Å². The molecule has 3 heteroatoms. The van der Waals surface area contributed by atoms with E-state index < -0.39 is 4.75 Å². The van der Waals surface area contributed by atoms with Crippen molar-refractivity contribution >= 4 is 18.4 Å². The minimum absolute atomic E-state index is 0.101. The Balaban J connectivity index is 4.88. The molecule has 0 fully saturated rings. The second kappa shape index (κ2) is 3.38. The highest BCUT2D eigenvalue weighted by Gasteiger charge is 2.43. The van der Waals surface area contributed by atoms with Crippen molar-refractivity contribution in [3.63, 3.8) is 0 Å². The van der Waals surface area contributed by atoms with Crippen molar-refractivity contribution in [1.29, 1.82) is 0 Å². The van der Waals surface area contributed by atoms with E-state index in [0.717, 1.165) is 0 Å². The maximum absolute atomic E-state index is 11.3. The number of hydrogen-bond donors (Lipinski definition) is 1. The second-order valence-corrected chi connectivity index (χ2v) is 4.98. The third-order valence-electron chi connectivity index (χ3n) is 2.99. The van der Waals surface area contributed by atoms with Crippen LogP contribution < -0.4 is 0 Å². The molecule has 1 unspecified atom stereocenters. The molecule has 0 spiro atoms. The van der Waals surface area contributed by atoms with Gasteiger partial charge >= 0.3 is 0 Å². The van der Waals surface area contributed by atoms with Gasteiger partial charge in [-0.05, 0) is 41.8 Å². The Hall–Kier alpha value is -0.0200. The van der Waals surface area contributed by atoms with Crippen LogP contribution in [0, 0.1) is 0 Å². The van der Waals surface area contributed by atoms with Crippen LogP contribution in [0.4, 0.5) is 0 Å². The Morgan fingerprint density at radius 2 is 1.58 bits per heavy atom. The van der Waals surface area contributed by atoms with Gasteiger partial charge in [0.25, 0.3) is 0 Å². The summed E-state index contributed by atoms with van der Waals surface area (Å²) in [5.74, 6) is 0.101. The number of nitrogens with zero attached hydrogens (tertiary/aromatic N) is 1. The molecule has 0 aromatic carbocycles. The highest BCUT2D eigenvalue weighted by molar-refractivity contribution is 7.82. The first-order valence-corrected chi connectivity index (χ1v) is 4.49. The number of hydrogen-bond acceptors (Lipinski definition) is 3. The lowest BCUT2D eigenvalue weighted by Crippen LogP contribution is -2.57. The molecule has 12 heavy (non-hydrogen) atoms. The zero-order valence-electron chi connectivity index (χ0n) is 8.80. The zero-order valence-corrected chi connectivity index (χ0v) is 9.70. The molecule has 0 rings (SSSR count). The fourth-order valence-corrected chi connectivity index (χ4v) is 1.07. The van der Waals surface area contributed by atoms with E-state index in [-0.39, 0.29) is 11.3 Å². The van der Waals surface area contributed by atoms with Gasteiger partial charge in [-0.3, -0.25) is 4.79 Å². The smallest absolute Gasteiger partial charge is 0.147 e. The Morgan fingerprint density at radius 1 is 1.25 bits per heavy atom. The van der Waals surface area contributed by atoms with Crippen LogP contribution in [0.1, 0.15) is 27.7 Å². The Bertz CT molecular complexity index is 185. The van der Waals surface area contributed by atoms with Gasteiger partial charge in [0.1, 0.15) is 5.78 Å². The number of rotatable bonds is 3. The van der Waals surface area contributed by atoms with Crippen LogP contribution in [-0.2, 0) is 4.79 Å². The van der Waals surface area contributed by atoms with Crippen molar-refractivity contribution in [2.75, 3.05) is 14.1 Å². The van der Waals surface area contributed by atoms with Crippen molar-refractivity contribution in [2.45, 2.75) is 38.0 Å². The summed E-state index contributed by atoms with van der Waals surface area (Å²) in [6.45, 7) is 7.47. The summed E-state index contributed by atoms with van der Waals surface area (Å²) >= 11 is 4.41. The van der Waals surface area contributed by atoms with Crippen LogP contribution in [0.2, 0.25) is 0 Å². The molecule has 0 aromatic heterocycles. The van der Waals surface area contributed by atoms with E-state index in [1.54, 1.807) is 6.92 Å². The average Bonchev–Trinajstić information content (AvgIpc) is 1.86. The lowest BCUT2D eigenvalue weighted by atomic mass is 9.84. The van der Waals surface area contributed by atoms with Crippen LogP contribution >= 0.6 is 12.6 Å². The van der Waals surface area contributed by atoms with Gasteiger partial charge < -0.3 is 4.90 Å². The predicted octanol–water partition coefficient (Wildman–Crippen LogP) is 1.60. The van der Waals surface area contributed by atoms with Gasteiger partial charge in [-0.2, -0.15) is 12.6 Å². The van der Waals surface area contributed by atoms with Gasteiger partial charge in [-0.15, -0.1) is 0 Å². The summed E-state index contributed by atoms with van der Waals surface area (Å²) in [7, 11) is 3.91. The number of carbonyl (C=O) groups is 1. The molecule has 0 aliphatic rings. The van der Waals surface area contributed by atoms with Crippen LogP contribution in [0.15, 0.2) is 0 Å². The SMILES string of the molecule is CC(=O)C(C)(S)C(C)(C)N(C)C. The van der Waals surface area contributed by atoms with Gasteiger partial charge in [0.15, 0.2) is 0 Å². The highest BCUT2D eigenvalue weighted by atomic mass is 32.1. The largest absolute Gasteiger partial charge is 0.302 e. The molecule has 0 saturated carbocycles. The molecule has 72 valence electrons. The Labute approximate surface area is 80.7 Å². The molecular weight excluding hydrogens is 170 g/mol.